The predicted molar refractivity (Wildman–Crippen MR) is 56.7 cm³/mol. The number of allylic oxidation sites excluding steroid dienone is 4. The van der Waals surface area contributed by atoms with Gasteiger partial charge in [0.1, 0.15) is 0 Å². The topological polar surface area (TPSA) is 0 Å². The molecule has 0 amide bonds. The molecular weight excluding hydrogens is 144 g/mol. The summed E-state index contributed by atoms with van der Waals surface area (Å²) in [5.41, 5.74) is 0. The molecule has 0 N–H and O–H groups in total. The smallest absolute Gasteiger partial charge is 0.0316 e. The van der Waals surface area contributed by atoms with Crippen LogP contribution in [-0.2, 0) is 0 Å². The molecule has 12 heavy (non-hydrogen) atoms. The number of rotatable bonds is 7. The second-order valence-electron chi connectivity index (χ2n) is 2.93. The van der Waals surface area contributed by atoms with Gasteiger partial charge in [0.2, 0.25) is 0 Å². The first-order valence-corrected chi connectivity index (χ1v) is 4.80. The van der Waals surface area contributed by atoms with Crippen LogP contribution in [0.4, 0.5) is 0 Å². The molecule has 0 aliphatic rings. The second kappa shape index (κ2) is 10.5. The molecule has 0 rings (SSSR count). The first-order chi connectivity index (χ1) is 5.91. The van der Waals surface area contributed by atoms with E-state index in [0.717, 1.165) is 0 Å². The van der Waals surface area contributed by atoms with Crippen LogP contribution < -0.4 is 0 Å². The molecule has 0 saturated heterocycles. The predicted octanol–water partition coefficient (Wildman–Crippen LogP) is 4.11. The molecule has 68 valence electrons. The molecule has 2 radical (unpaired) electrons. The van der Waals surface area contributed by atoms with Gasteiger partial charge in [-0.1, -0.05) is 37.1 Å². The molecule has 0 fully saturated rings. The number of hydrogen-bond acceptors (Lipinski definition) is 0. The molecule has 0 heterocycles. The van der Waals surface area contributed by atoms with Crippen LogP contribution in [0.5, 0.6) is 0 Å². The van der Waals surface area contributed by atoms with E-state index in [9.17, 15) is 0 Å². The fourth-order valence-corrected chi connectivity index (χ4v) is 1.11. The third-order valence-corrected chi connectivity index (χ3v) is 1.82. The lowest BCUT2D eigenvalue weighted by Gasteiger charge is -1.95. The van der Waals surface area contributed by atoms with Gasteiger partial charge in [0.25, 0.3) is 0 Å². The van der Waals surface area contributed by atoms with Crippen molar-refractivity contribution in [1.82, 2.24) is 0 Å². The van der Waals surface area contributed by atoms with Crippen LogP contribution in [0.15, 0.2) is 24.3 Å². The summed E-state index contributed by atoms with van der Waals surface area (Å²) in [5, 5.41) is 0. The monoisotopic (exact) mass is 164 g/mol. The van der Waals surface area contributed by atoms with E-state index in [1.54, 1.807) is 0 Å². The highest BCUT2D eigenvalue weighted by atomic mass is 13.9. The van der Waals surface area contributed by atoms with Crippen molar-refractivity contribution in [2.24, 2.45) is 0 Å². The van der Waals surface area contributed by atoms with Crippen LogP contribution >= 0.6 is 0 Å². The average Bonchev–Trinajstić information content (AvgIpc) is 2.10. The summed E-state index contributed by atoms with van der Waals surface area (Å²) in [4.78, 5) is 0. The molecule has 0 saturated carbocycles. The van der Waals surface area contributed by atoms with Gasteiger partial charge in [-0.15, -0.1) is 0 Å². The summed E-state index contributed by atoms with van der Waals surface area (Å²) in [5.74, 6) is 0. The minimum Gasteiger partial charge on any atom is -0.0885 e. The standard InChI is InChI=1S/C12H20/c1-3-5-7-9-11-12-10-8-6-4-2/h3-6H,1-2,7-12H2/b5-3+,6-4+. The van der Waals surface area contributed by atoms with Crippen molar-refractivity contribution in [1.29, 1.82) is 0 Å². The van der Waals surface area contributed by atoms with Crippen LogP contribution in [0.25, 0.3) is 0 Å². The van der Waals surface area contributed by atoms with E-state index >= 15 is 0 Å². The van der Waals surface area contributed by atoms with E-state index in [1.807, 2.05) is 12.2 Å². The van der Waals surface area contributed by atoms with Gasteiger partial charge in [-0.2, -0.15) is 0 Å². The highest BCUT2D eigenvalue weighted by molar-refractivity contribution is 4.84. The van der Waals surface area contributed by atoms with Crippen molar-refractivity contribution in [2.75, 3.05) is 0 Å². The Balaban J connectivity index is 2.91. The molecule has 0 nitrogen and oxygen atoms in total. The maximum absolute atomic E-state index is 3.65. The molecule has 0 bridgehead atoms. The zero-order chi connectivity index (χ0) is 9.07. The zero-order valence-corrected chi connectivity index (χ0v) is 7.97. The van der Waals surface area contributed by atoms with Crippen molar-refractivity contribution < 1.29 is 0 Å². The van der Waals surface area contributed by atoms with Crippen molar-refractivity contribution in [3.8, 4) is 0 Å². The van der Waals surface area contributed by atoms with Gasteiger partial charge in [-0.05, 0) is 39.5 Å². The molecule has 0 aromatic carbocycles. The summed E-state index contributed by atoms with van der Waals surface area (Å²) in [6.45, 7) is 7.29. The summed E-state index contributed by atoms with van der Waals surface area (Å²) < 4.78 is 0. The first kappa shape index (κ1) is 11.5. The van der Waals surface area contributed by atoms with Crippen molar-refractivity contribution in [3.63, 3.8) is 0 Å². The molecule has 0 aromatic rings. The van der Waals surface area contributed by atoms with E-state index in [0.29, 0.717) is 0 Å². The van der Waals surface area contributed by atoms with Gasteiger partial charge >= 0.3 is 0 Å². The summed E-state index contributed by atoms with van der Waals surface area (Å²) >= 11 is 0. The lowest BCUT2D eigenvalue weighted by molar-refractivity contribution is 0.652. The molecule has 0 aliphatic heterocycles. The minimum absolute atomic E-state index is 1.19. The normalized spacial score (nSPS) is 11.8. The number of unbranched alkanes of at least 4 members (excludes halogenated alkanes) is 5. The quantitative estimate of drug-likeness (QED) is 0.497. The SMILES string of the molecule is [CH2]/C=C/CCCCCC/C=C/[CH2]. The van der Waals surface area contributed by atoms with Gasteiger partial charge in [0, 0.05) is 0 Å². The molecule has 0 heteroatoms. The van der Waals surface area contributed by atoms with E-state index in [4.69, 9.17) is 0 Å². The van der Waals surface area contributed by atoms with Gasteiger partial charge < -0.3 is 0 Å². The lowest BCUT2D eigenvalue weighted by atomic mass is 10.1. The van der Waals surface area contributed by atoms with Gasteiger partial charge in [0.05, 0.1) is 0 Å². The maximum Gasteiger partial charge on any atom is -0.0316 e. The van der Waals surface area contributed by atoms with Crippen LogP contribution in [0.3, 0.4) is 0 Å². The summed E-state index contributed by atoms with van der Waals surface area (Å²) in [7, 11) is 0. The molecule has 0 aromatic heterocycles. The Morgan fingerprint density at radius 3 is 1.42 bits per heavy atom. The third-order valence-electron chi connectivity index (χ3n) is 1.82. The van der Waals surface area contributed by atoms with Crippen molar-refractivity contribution >= 4 is 0 Å². The fourth-order valence-electron chi connectivity index (χ4n) is 1.11. The zero-order valence-electron chi connectivity index (χ0n) is 7.97. The average molecular weight is 164 g/mol. The Morgan fingerprint density at radius 2 is 1.08 bits per heavy atom. The maximum atomic E-state index is 3.65. The summed E-state index contributed by atoms with van der Waals surface area (Å²) in [6, 6.07) is 0. The minimum atomic E-state index is 1.19. The first-order valence-electron chi connectivity index (χ1n) is 4.80. The van der Waals surface area contributed by atoms with Gasteiger partial charge in [0.15, 0.2) is 0 Å². The van der Waals surface area contributed by atoms with E-state index < -0.39 is 0 Å². The lowest BCUT2D eigenvalue weighted by Crippen LogP contribution is -1.76. The van der Waals surface area contributed by atoms with Crippen LogP contribution in [0, 0.1) is 13.8 Å². The Bertz CT molecular complexity index is 104. The highest BCUT2D eigenvalue weighted by Gasteiger charge is 1.86. The Morgan fingerprint density at radius 1 is 0.667 bits per heavy atom. The van der Waals surface area contributed by atoms with Gasteiger partial charge in [-0.3, -0.25) is 0 Å². The van der Waals surface area contributed by atoms with Crippen LogP contribution in [0.2, 0.25) is 0 Å². The Hall–Kier alpha value is -0.520. The van der Waals surface area contributed by atoms with Crippen molar-refractivity contribution in [3.05, 3.63) is 38.2 Å². The second-order valence-corrected chi connectivity index (χ2v) is 2.93. The van der Waals surface area contributed by atoms with Gasteiger partial charge in [-0.25, -0.2) is 0 Å². The van der Waals surface area contributed by atoms with E-state index in [-0.39, 0.29) is 0 Å². The Kier molecular flexibility index (Phi) is 10.0. The largest absolute Gasteiger partial charge is 0.0885 e. The number of hydrogen-bond donors (Lipinski definition) is 0. The van der Waals surface area contributed by atoms with Crippen LogP contribution in [-0.4, -0.2) is 0 Å². The molecule has 0 aliphatic carbocycles. The summed E-state index contributed by atoms with van der Waals surface area (Å²) in [6.07, 6.45) is 15.7. The van der Waals surface area contributed by atoms with Crippen LogP contribution in [0.1, 0.15) is 38.5 Å². The molecule has 0 unspecified atom stereocenters. The van der Waals surface area contributed by atoms with E-state index in [1.165, 1.54) is 38.5 Å². The fraction of sp³-hybridized carbons (Fsp3) is 0.500. The molecule has 0 spiro atoms. The third kappa shape index (κ3) is 9.48. The molecular formula is C12H20. The van der Waals surface area contributed by atoms with Crippen molar-refractivity contribution in [2.45, 2.75) is 38.5 Å². The molecule has 0 atom stereocenters. The Labute approximate surface area is 77.4 Å². The highest BCUT2D eigenvalue weighted by Crippen LogP contribution is 2.05. The van der Waals surface area contributed by atoms with E-state index in [2.05, 4.69) is 26.0 Å².